The zero-order chi connectivity index (χ0) is 27.3. The maximum Gasteiger partial charge on any atom is 0.417 e. The standard InChI is InChI=1S/C33H40N2O3/c1-24(2)30-33(4,5)38-32(37)35(30)31(36)29(21-26-15-9-6-10-16-26)23-34(22-27-17-11-7-12-18-27)25(3)28-19-13-8-14-20-28/h6-20,24-25,29-30H,21-23H2,1-5H3/t25-,29-,30-/m0/s1. The van der Waals surface area contributed by atoms with E-state index >= 15 is 0 Å². The van der Waals surface area contributed by atoms with E-state index in [0.29, 0.717) is 19.5 Å². The summed E-state index contributed by atoms with van der Waals surface area (Å²) in [5, 5.41) is 0. The van der Waals surface area contributed by atoms with Crippen LogP contribution in [0, 0.1) is 11.8 Å². The molecular weight excluding hydrogens is 472 g/mol. The molecule has 3 aromatic rings. The Bertz CT molecular complexity index is 1190. The highest BCUT2D eigenvalue weighted by atomic mass is 16.6. The number of imide groups is 1. The number of nitrogens with zero attached hydrogens (tertiary/aromatic N) is 2. The van der Waals surface area contributed by atoms with Crippen LogP contribution in [0.25, 0.3) is 0 Å². The molecule has 4 rings (SSSR count). The Morgan fingerprint density at radius 2 is 1.39 bits per heavy atom. The van der Waals surface area contributed by atoms with Crippen molar-refractivity contribution >= 4 is 12.0 Å². The number of hydrogen-bond acceptors (Lipinski definition) is 4. The van der Waals surface area contributed by atoms with Gasteiger partial charge in [0.2, 0.25) is 5.91 Å². The third kappa shape index (κ3) is 6.33. The van der Waals surface area contributed by atoms with Gasteiger partial charge in [0.15, 0.2) is 0 Å². The summed E-state index contributed by atoms with van der Waals surface area (Å²) in [6, 6.07) is 30.5. The van der Waals surface area contributed by atoms with Crippen molar-refractivity contribution in [2.24, 2.45) is 11.8 Å². The first kappa shape index (κ1) is 27.6. The van der Waals surface area contributed by atoms with Gasteiger partial charge in [-0.15, -0.1) is 0 Å². The van der Waals surface area contributed by atoms with Gasteiger partial charge < -0.3 is 4.74 Å². The Balaban J connectivity index is 1.70. The number of amides is 2. The maximum atomic E-state index is 14.3. The summed E-state index contributed by atoms with van der Waals surface area (Å²) >= 11 is 0. The number of rotatable bonds is 10. The van der Waals surface area contributed by atoms with Gasteiger partial charge in [-0.2, -0.15) is 0 Å². The van der Waals surface area contributed by atoms with Gasteiger partial charge in [-0.25, -0.2) is 9.69 Å². The smallest absolute Gasteiger partial charge is 0.417 e. The number of benzene rings is 3. The van der Waals surface area contributed by atoms with Crippen LogP contribution in [-0.4, -0.2) is 40.0 Å². The Morgan fingerprint density at radius 1 is 0.868 bits per heavy atom. The molecular formula is C33H40N2O3. The molecule has 1 saturated heterocycles. The zero-order valence-electron chi connectivity index (χ0n) is 23.2. The van der Waals surface area contributed by atoms with Crippen molar-refractivity contribution in [3.63, 3.8) is 0 Å². The normalized spacial score (nSPS) is 18.4. The lowest BCUT2D eigenvalue weighted by molar-refractivity contribution is -0.135. The quantitative estimate of drug-likeness (QED) is 0.297. The van der Waals surface area contributed by atoms with Crippen LogP contribution >= 0.6 is 0 Å². The van der Waals surface area contributed by atoms with Gasteiger partial charge in [0.1, 0.15) is 5.60 Å². The first-order valence-electron chi connectivity index (χ1n) is 13.6. The topological polar surface area (TPSA) is 49.9 Å². The molecule has 3 atom stereocenters. The molecule has 0 N–H and O–H groups in total. The van der Waals surface area contributed by atoms with Crippen LogP contribution < -0.4 is 0 Å². The van der Waals surface area contributed by atoms with Crippen molar-refractivity contribution < 1.29 is 14.3 Å². The Kier molecular flexibility index (Phi) is 8.68. The van der Waals surface area contributed by atoms with E-state index in [4.69, 9.17) is 4.74 Å². The Morgan fingerprint density at radius 3 is 1.95 bits per heavy atom. The molecule has 2 amide bonds. The lowest BCUT2D eigenvalue weighted by atomic mass is 9.87. The summed E-state index contributed by atoms with van der Waals surface area (Å²) < 4.78 is 5.73. The second-order valence-electron chi connectivity index (χ2n) is 11.3. The van der Waals surface area contributed by atoms with E-state index < -0.39 is 17.6 Å². The predicted molar refractivity (Wildman–Crippen MR) is 151 cm³/mol. The summed E-state index contributed by atoms with van der Waals surface area (Å²) in [6.45, 7) is 11.3. The van der Waals surface area contributed by atoms with E-state index in [1.165, 1.54) is 16.0 Å². The highest BCUT2D eigenvalue weighted by Crippen LogP contribution is 2.36. The molecule has 200 valence electrons. The van der Waals surface area contributed by atoms with Gasteiger partial charge in [-0.05, 0) is 49.8 Å². The highest BCUT2D eigenvalue weighted by Gasteiger charge is 2.53. The van der Waals surface area contributed by atoms with Gasteiger partial charge in [-0.3, -0.25) is 9.69 Å². The van der Waals surface area contributed by atoms with Gasteiger partial charge in [0.05, 0.1) is 12.0 Å². The SMILES string of the molecule is CC(C)[C@@H]1N(C(=O)[C@@H](Cc2ccccc2)CN(Cc2ccccc2)[C@@H](C)c2ccccc2)C(=O)OC1(C)C. The predicted octanol–water partition coefficient (Wildman–Crippen LogP) is 6.89. The van der Waals surface area contributed by atoms with Crippen LogP contribution in [-0.2, 0) is 22.5 Å². The van der Waals surface area contributed by atoms with Crippen molar-refractivity contribution in [2.45, 2.75) is 65.3 Å². The number of hydrogen-bond donors (Lipinski definition) is 0. The minimum absolute atomic E-state index is 0.0708. The molecule has 5 heteroatoms. The van der Waals surface area contributed by atoms with E-state index in [1.807, 2.05) is 70.2 Å². The van der Waals surface area contributed by atoms with Gasteiger partial charge >= 0.3 is 6.09 Å². The maximum absolute atomic E-state index is 14.3. The lowest BCUT2D eigenvalue weighted by Gasteiger charge is -2.36. The fraction of sp³-hybridized carbons (Fsp3) is 0.394. The summed E-state index contributed by atoms with van der Waals surface area (Å²) in [4.78, 5) is 31.2. The van der Waals surface area contributed by atoms with Crippen LogP contribution in [0.3, 0.4) is 0 Å². The van der Waals surface area contributed by atoms with Crippen LogP contribution in [0.1, 0.15) is 57.4 Å². The fourth-order valence-electron chi connectivity index (χ4n) is 5.82. The second kappa shape index (κ2) is 12.0. The molecule has 1 heterocycles. The average molecular weight is 513 g/mol. The monoisotopic (exact) mass is 512 g/mol. The van der Waals surface area contributed by atoms with Crippen LogP contribution in [0.5, 0.6) is 0 Å². The number of cyclic esters (lactones) is 1. The third-order valence-electron chi connectivity index (χ3n) is 7.59. The molecule has 1 aliphatic rings. The van der Waals surface area contributed by atoms with Crippen molar-refractivity contribution in [3.05, 3.63) is 108 Å². The number of ether oxygens (including phenoxy) is 1. The van der Waals surface area contributed by atoms with Gasteiger partial charge in [0, 0.05) is 19.1 Å². The van der Waals surface area contributed by atoms with E-state index in [0.717, 1.165) is 5.56 Å². The Hall–Kier alpha value is -3.44. The minimum Gasteiger partial charge on any atom is -0.441 e. The second-order valence-corrected chi connectivity index (χ2v) is 11.3. The van der Waals surface area contributed by atoms with Crippen molar-refractivity contribution in [3.8, 4) is 0 Å². The van der Waals surface area contributed by atoms with E-state index in [1.54, 1.807) is 0 Å². The van der Waals surface area contributed by atoms with E-state index in [9.17, 15) is 9.59 Å². The molecule has 0 saturated carbocycles. The minimum atomic E-state index is -0.737. The molecule has 0 aromatic heterocycles. The van der Waals surface area contributed by atoms with E-state index in [2.05, 4.69) is 60.4 Å². The van der Waals surface area contributed by atoms with Gasteiger partial charge in [-0.1, -0.05) is 105 Å². The molecule has 5 nitrogen and oxygen atoms in total. The first-order chi connectivity index (χ1) is 18.2. The third-order valence-corrected chi connectivity index (χ3v) is 7.59. The average Bonchev–Trinajstić information content (AvgIpc) is 3.16. The lowest BCUT2D eigenvalue weighted by Crippen LogP contribution is -2.51. The molecule has 1 fully saturated rings. The number of carbonyl (C=O) groups is 2. The van der Waals surface area contributed by atoms with E-state index in [-0.39, 0.29) is 23.9 Å². The number of carbonyl (C=O) groups excluding carboxylic acids is 2. The zero-order valence-corrected chi connectivity index (χ0v) is 23.2. The summed E-state index contributed by atoms with van der Waals surface area (Å²) in [5.74, 6) is -0.516. The summed E-state index contributed by atoms with van der Waals surface area (Å²) in [6.07, 6.45) is 0.00378. The highest BCUT2D eigenvalue weighted by molar-refractivity contribution is 5.95. The molecule has 0 aliphatic carbocycles. The molecule has 1 aliphatic heterocycles. The Labute approximate surface area is 227 Å². The van der Waals surface area contributed by atoms with Crippen molar-refractivity contribution in [2.75, 3.05) is 6.54 Å². The fourth-order valence-corrected chi connectivity index (χ4v) is 5.82. The van der Waals surface area contributed by atoms with Crippen molar-refractivity contribution in [1.29, 1.82) is 0 Å². The molecule has 0 radical (unpaired) electrons. The first-order valence-corrected chi connectivity index (χ1v) is 13.6. The molecule has 0 bridgehead atoms. The van der Waals surface area contributed by atoms with Crippen molar-refractivity contribution in [1.82, 2.24) is 9.80 Å². The summed E-state index contributed by atoms with van der Waals surface area (Å²) in [5.41, 5.74) is 2.71. The van der Waals surface area contributed by atoms with Crippen LogP contribution in [0.15, 0.2) is 91.0 Å². The van der Waals surface area contributed by atoms with Crippen LogP contribution in [0.4, 0.5) is 4.79 Å². The van der Waals surface area contributed by atoms with Gasteiger partial charge in [0.25, 0.3) is 0 Å². The molecule has 38 heavy (non-hydrogen) atoms. The molecule has 3 aromatic carbocycles. The molecule has 0 spiro atoms. The van der Waals surface area contributed by atoms with Crippen LogP contribution in [0.2, 0.25) is 0 Å². The largest absolute Gasteiger partial charge is 0.441 e. The summed E-state index contributed by atoms with van der Waals surface area (Å²) in [7, 11) is 0. The molecule has 0 unspecified atom stereocenters.